The van der Waals surface area contributed by atoms with E-state index in [1.54, 1.807) is 0 Å². The molecule has 0 saturated carbocycles. The van der Waals surface area contributed by atoms with Crippen molar-refractivity contribution in [1.82, 2.24) is 5.32 Å². The first-order chi connectivity index (χ1) is 8.65. The Kier molecular flexibility index (Phi) is 6.79. The molecule has 1 saturated heterocycles. The van der Waals surface area contributed by atoms with Crippen LogP contribution in [0.3, 0.4) is 0 Å². The Balaban J connectivity index is 0.00000180. The third-order valence-corrected chi connectivity index (χ3v) is 3.74. The molecule has 0 spiro atoms. The third-order valence-electron chi connectivity index (χ3n) is 2.89. The van der Waals surface area contributed by atoms with Crippen molar-refractivity contribution in [3.05, 3.63) is 28.2 Å². The van der Waals surface area contributed by atoms with E-state index in [2.05, 4.69) is 26.6 Å². The number of hydrogen-bond donors (Lipinski definition) is 2. The largest absolute Gasteiger partial charge is 0.378 e. The van der Waals surface area contributed by atoms with E-state index < -0.39 is 0 Å². The molecule has 0 bridgehead atoms. The average Bonchev–Trinajstić information content (AvgIpc) is 2.35. The van der Waals surface area contributed by atoms with Crippen molar-refractivity contribution in [2.45, 2.75) is 19.4 Å². The molecule has 0 aliphatic carbocycles. The highest BCUT2D eigenvalue weighted by Crippen LogP contribution is 2.20. The van der Waals surface area contributed by atoms with Crippen molar-refractivity contribution in [2.24, 2.45) is 0 Å². The van der Waals surface area contributed by atoms with Gasteiger partial charge in [0, 0.05) is 29.2 Å². The van der Waals surface area contributed by atoms with E-state index in [9.17, 15) is 4.79 Å². The molecule has 1 fully saturated rings. The molecule has 106 valence electrons. The zero-order valence-corrected chi connectivity index (χ0v) is 13.1. The molecule has 1 aromatic carbocycles. The summed E-state index contributed by atoms with van der Waals surface area (Å²) in [6.45, 7) is 4.15. The van der Waals surface area contributed by atoms with E-state index in [0.717, 1.165) is 28.9 Å². The summed E-state index contributed by atoms with van der Waals surface area (Å²) in [5.74, 6) is 0.00810. The van der Waals surface area contributed by atoms with Crippen molar-refractivity contribution >= 4 is 39.9 Å². The van der Waals surface area contributed by atoms with Gasteiger partial charge in [0.15, 0.2) is 0 Å². The van der Waals surface area contributed by atoms with Gasteiger partial charge in [0.05, 0.1) is 13.2 Å². The number of carbonyl (C=O) groups excluding carboxylic acids is 1. The zero-order chi connectivity index (χ0) is 13.0. The molecule has 4 nitrogen and oxygen atoms in total. The highest BCUT2D eigenvalue weighted by Gasteiger charge is 2.16. The summed E-state index contributed by atoms with van der Waals surface area (Å²) in [6.07, 6.45) is 0.436. The van der Waals surface area contributed by atoms with Crippen molar-refractivity contribution < 1.29 is 9.53 Å². The number of benzene rings is 1. The first kappa shape index (κ1) is 16.4. The van der Waals surface area contributed by atoms with E-state index in [4.69, 9.17) is 4.74 Å². The SMILES string of the molecule is Cc1ccc(NC(=O)CC2COCCN2)cc1Br.Cl. The molecule has 0 aromatic heterocycles. The summed E-state index contributed by atoms with van der Waals surface area (Å²) < 4.78 is 6.32. The van der Waals surface area contributed by atoms with E-state index in [-0.39, 0.29) is 24.4 Å². The van der Waals surface area contributed by atoms with Gasteiger partial charge >= 0.3 is 0 Å². The number of aryl methyl sites for hydroxylation is 1. The zero-order valence-electron chi connectivity index (χ0n) is 10.7. The van der Waals surface area contributed by atoms with Gasteiger partial charge in [-0.25, -0.2) is 0 Å². The quantitative estimate of drug-likeness (QED) is 0.881. The van der Waals surface area contributed by atoms with Crippen LogP contribution in [0.1, 0.15) is 12.0 Å². The van der Waals surface area contributed by atoms with Crippen LogP contribution in [0.2, 0.25) is 0 Å². The third kappa shape index (κ3) is 5.10. The lowest BCUT2D eigenvalue weighted by Gasteiger charge is -2.23. The van der Waals surface area contributed by atoms with E-state index in [1.807, 2.05) is 25.1 Å². The average molecular weight is 350 g/mol. The predicted octanol–water partition coefficient (Wildman–Crippen LogP) is 2.50. The fourth-order valence-electron chi connectivity index (χ4n) is 1.86. The first-order valence-corrected chi connectivity index (χ1v) is 6.81. The van der Waals surface area contributed by atoms with Crippen molar-refractivity contribution in [3.63, 3.8) is 0 Å². The Labute approximate surface area is 127 Å². The lowest BCUT2D eigenvalue weighted by molar-refractivity contribution is -0.117. The number of anilines is 1. The lowest BCUT2D eigenvalue weighted by atomic mass is 10.2. The molecular weight excluding hydrogens is 332 g/mol. The maximum atomic E-state index is 11.9. The minimum Gasteiger partial charge on any atom is -0.378 e. The van der Waals surface area contributed by atoms with Crippen LogP contribution < -0.4 is 10.6 Å². The molecule has 1 aromatic rings. The van der Waals surface area contributed by atoms with Crippen LogP contribution in [-0.4, -0.2) is 31.7 Å². The minimum absolute atomic E-state index is 0. The van der Waals surface area contributed by atoms with E-state index >= 15 is 0 Å². The topological polar surface area (TPSA) is 50.4 Å². The number of amides is 1. The Morgan fingerprint density at radius 1 is 1.58 bits per heavy atom. The summed E-state index contributed by atoms with van der Waals surface area (Å²) in [4.78, 5) is 11.9. The van der Waals surface area contributed by atoms with Crippen LogP contribution in [0.5, 0.6) is 0 Å². The standard InChI is InChI=1S/C13H17BrN2O2.ClH/c1-9-2-3-10(6-12(9)14)16-13(17)7-11-8-18-5-4-15-11;/h2-3,6,11,15H,4-5,7-8H2,1H3,(H,16,17);1H. The predicted molar refractivity (Wildman–Crippen MR) is 82.0 cm³/mol. The molecule has 1 atom stereocenters. The Morgan fingerprint density at radius 2 is 2.37 bits per heavy atom. The van der Waals surface area contributed by atoms with Gasteiger partial charge in [-0.05, 0) is 24.6 Å². The maximum absolute atomic E-state index is 11.9. The van der Waals surface area contributed by atoms with Crippen LogP contribution in [0, 0.1) is 6.92 Å². The first-order valence-electron chi connectivity index (χ1n) is 6.02. The van der Waals surface area contributed by atoms with Gasteiger partial charge < -0.3 is 15.4 Å². The Morgan fingerprint density at radius 3 is 3.00 bits per heavy atom. The number of ether oxygens (including phenoxy) is 1. The van der Waals surface area contributed by atoms with Gasteiger partial charge in [0.25, 0.3) is 0 Å². The van der Waals surface area contributed by atoms with Crippen molar-refractivity contribution in [3.8, 4) is 0 Å². The van der Waals surface area contributed by atoms with Gasteiger partial charge in [-0.15, -0.1) is 12.4 Å². The van der Waals surface area contributed by atoms with Gasteiger partial charge in [0.2, 0.25) is 5.91 Å². The molecule has 0 radical (unpaired) electrons. The second kappa shape index (κ2) is 7.85. The Bertz CT molecular complexity index is 437. The van der Waals surface area contributed by atoms with Crippen LogP contribution in [0.15, 0.2) is 22.7 Å². The molecule has 1 heterocycles. The van der Waals surface area contributed by atoms with E-state index in [0.29, 0.717) is 13.0 Å². The van der Waals surface area contributed by atoms with Gasteiger partial charge in [0.1, 0.15) is 0 Å². The highest BCUT2D eigenvalue weighted by atomic mass is 79.9. The summed E-state index contributed by atoms with van der Waals surface area (Å²) in [5.41, 5.74) is 1.96. The van der Waals surface area contributed by atoms with Crippen molar-refractivity contribution in [2.75, 3.05) is 25.1 Å². The number of rotatable bonds is 3. The van der Waals surface area contributed by atoms with E-state index in [1.165, 1.54) is 0 Å². The minimum atomic E-state index is 0. The molecule has 1 unspecified atom stereocenters. The molecule has 2 rings (SSSR count). The number of halogens is 2. The second-order valence-corrected chi connectivity index (χ2v) is 5.30. The monoisotopic (exact) mass is 348 g/mol. The normalized spacial score (nSPS) is 18.5. The van der Waals surface area contributed by atoms with Gasteiger partial charge in [-0.1, -0.05) is 22.0 Å². The molecular formula is C13H18BrClN2O2. The molecule has 1 aliphatic heterocycles. The van der Waals surface area contributed by atoms with Crippen LogP contribution in [0.25, 0.3) is 0 Å². The molecule has 19 heavy (non-hydrogen) atoms. The number of hydrogen-bond acceptors (Lipinski definition) is 3. The summed E-state index contributed by atoms with van der Waals surface area (Å²) in [5, 5.41) is 6.15. The van der Waals surface area contributed by atoms with Crippen molar-refractivity contribution in [1.29, 1.82) is 0 Å². The fraction of sp³-hybridized carbons (Fsp3) is 0.462. The molecule has 6 heteroatoms. The number of carbonyl (C=O) groups is 1. The lowest BCUT2D eigenvalue weighted by Crippen LogP contribution is -2.43. The second-order valence-electron chi connectivity index (χ2n) is 4.44. The number of nitrogens with one attached hydrogen (secondary N) is 2. The van der Waals surface area contributed by atoms with Crippen LogP contribution >= 0.6 is 28.3 Å². The highest BCUT2D eigenvalue weighted by molar-refractivity contribution is 9.10. The Hall–Kier alpha value is -0.620. The maximum Gasteiger partial charge on any atom is 0.226 e. The summed E-state index contributed by atoms with van der Waals surface area (Å²) in [7, 11) is 0. The van der Waals surface area contributed by atoms with Gasteiger partial charge in [-0.3, -0.25) is 4.79 Å². The summed E-state index contributed by atoms with van der Waals surface area (Å²) in [6, 6.07) is 5.91. The summed E-state index contributed by atoms with van der Waals surface area (Å²) >= 11 is 3.45. The molecule has 1 aliphatic rings. The fourth-order valence-corrected chi connectivity index (χ4v) is 2.24. The number of morpholine rings is 1. The van der Waals surface area contributed by atoms with Gasteiger partial charge in [-0.2, -0.15) is 0 Å². The van der Waals surface area contributed by atoms with Crippen LogP contribution in [-0.2, 0) is 9.53 Å². The van der Waals surface area contributed by atoms with Crippen LogP contribution in [0.4, 0.5) is 5.69 Å². The molecule has 1 amide bonds. The molecule has 2 N–H and O–H groups in total. The smallest absolute Gasteiger partial charge is 0.226 e.